The summed E-state index contributed by atoms with van der Waals surface area (Å²) in [6, 6.07) is 1.13. The third-order valence-electron chi connectivity index (χ3n) is 4.47. The molecule has 2 aliphatic rings. The van der Waals surface area contributed by atoms with Crippen molar-refractivity contribution in [3.8, 4) is 0 Å². The molecule has 98 valence electrons. The maximum absolute atomic E-state index is 11.4. The van der Waals surface area contributed by atoms with Crippen LogP contribution in [0.5, 0.6) is 0 Å². The third kappa shape index (κ3) is 2.60. The summed E-state index contributed by atoms with van der Waals surface area (Å²) in [5.74, 6) is -0.877. The van der Waals surface area contributed by atoms with Crippen molar-refractivity contribution < 1.29 is 9.90 Å². The predicted octanol–water partition coefficient (Wildman–Crippen LogP) is 2.72. The number of aliphatic carboxylic acids is 1. The smallest absolute Gasteiger partial charge is 0.308 e. The highest BCUT2D eigenvalue weighted by atomic mass is 35.5. The van der Waals surface area contributed by atoms with Crippen molar-refractivity contribution in [1.29, 1.82) is 0 Å². The van der Waals surface area contributed by atoms with Gasteiger partial charge in [0.1, 0.15) is 0 Å². The molecule has 1 aliphatic carbocycles. The molecule has 5 unspecified atom stereocenters. The van der Waals surface area contributed by atoms with Crippen LogP contribution in [0.1, 0.15) is 46.0 Å². The molecule has 1 aliphatic heterocycles. The average molecular weight is 260 g/mol. The van der Waals surface area contributed by atoms with E-state index in [9.17, 15) is 9.90 Å². The van der Waals surface area contributed by atoms with E-state index in [1.54, 1.807) is 0 Å². The van der Waals surface area contributed by atoms with Crippen molar-refractivity contribution in [2.75, 3.05) is 0 Å². The largest absolute Gasteiger partial charge is 0.481 e. The Bertz CT molecular complexity index is 287. The number of alkyl halides is 1. The Labute approximate surface area is 108 Å². The van der Waals surface area contributed by atoms with Crippen molar-refractivity contribution in [2.24, 2.45) is 5.92 Å². The van der Waals surface area contributed by atoms with Gasteiger partial charge in [-0.3, -0.25) is 9.69 Å². The molecule has 2 rings (SSSR count). The van der Waals surface area contributed by atoms with Crippen molar-refractivity contribution in [3.63, 3.8) is 0 Å². The first-order chi connectivity index (χ1) is 8.00. The van der Waals surface area contributed by atoms with E-state index in [1.807, 2.05) is 0 Å². The molecule has 0 spiro atoms. The normalized spacial score (nSPS) is 43.8. The summed E-state index contributed by atoms with van der Waals surface area (Å²) in [6.45, 7) is 4.42. The van der Waals surface area contributed by atoms with Gasteiger partial charge in [-0.2, -0.15) is 0 Å². The number of hydrogen-bond donors (Lipinski definition) is 1. The summed E-state index contributed by atoms with van der Waals surface area (Å²) >= 11 is 6.24. The molecule has 0 aromatic heterocycles. The molecule has 2 fully saturated rings. The zero-order chi connectivity index (χ0) is 12.6. The van der Waals surface area contributed by atoms with Gasteiger partial charge in [-0.15, -0.1) is 11.6 Å². The molecule has 0 bridgehead atoms. The summed E-state index contributed by atoms with van der Waals surface area (Å²) in [5.41, 5.74) is 0. The molecular formula is C13H22ClNO2. The first-order valence-electron chi connectivity index (χ1n) is 6.65. The average Bonchev–Trinajstić information content (AvgIpc) is 2.58. The maximum Gasteiger partial charge on any atom is 0.308 e. The Kier molecular flexibility index (Phi) is 3.99. The molecule has 1 heterocycles. The van der Waals surface area contributed by atoms with Gasteiger partial charge in [0.25, 0.3) is 0 Å². The first kappa shape index (κ1) is 13.2. The standard InChI is InChI=1S/C13H22ClNO2/c1-8-3-4-9(2)15(8)12-7-10(14)5-6-11(12)13(16)17/h8-12H,3-7H2,1-2H3,(H,16,17). The Morgan fingerprint density at radius 3 is 2.29 bits per heavy atom. The van der Waals surface area contributed by atoms with E-state index in [2.05, 4.69) is 18.7 Å². The summed E-state index contributed by atoms with van der Waals surface area (Å²) in [7, 11) is 0. The fourth-order valence-electron chi connectivity index (χ4n) is 3.58. The van der Waals surface area contributed by atoms with Gasteiger partial charge in [0, 0.05) is 23.5 Å². The summed E-state index contributed by atoms with van der Waals surface area (Å²) in [6.07, 6.45) is 4.75. The molecule has 4 heteroatoms. The van der Waals surface area contributed by atoms with E-state index in [-0.39, 0.29) is 17.3 Å². The van der Waals surface area contributed by atoms with Crippen molar-refractivity contribution in [1.82, 2.24) is 4.90 Å². The number of carbonyl (C=O) groups is 1. The minimum Gasteiger partial charge on any atom is -0.481 e. The number of hydrogen-bond acceptors (Lipinski definition) is 2. The van der Waals surface area contributed by atoms with Crippen LogP contribution in [0.4, 0.5) is 0 Å². The van der Waals surface area contributed by atoms with Gasteiger partial charge in [0.05, 0.1) is 5.92 Å². The Morgan fingerprint density at radius 2 is 1.76 bits per heavy atom. The van der Waals surface area contributed by atoms with E-state index in [1.165, 1.54) is 12.8 Å². The molecule has 17 heavy (non-hydrogen) atoms. The van der Waals surface area contributed by atoms with Gasteiger partial charge in [0.15, 0.2) is 0 Å². The zero-order valence-corrected chi connectivity index (χ0v) is 11.4. The SMILES string of the molecule is CC1CCC(C)N1C1CC(Cl)CCC1C(=O)O. The second-order valence-electron chi connectivity index (χ2n) is 5.65. The highest BCUT2D eigenvalue weighted by Crippen LogP contribution is 2.37. The zero-order valence-electron chi connectivity index (χ0n) is 10.6. The van der Waals surface area contributed by atoms with Crippen LogP contribution in [-0.2, 0) is 4.79 Å². The van der Waals surface area contributed by atoms with Gasteiger partial charge in [-0.1, -0.05) is 0 Å². The predicted molar refractivity (Wildman–Crippen MR) is 68.4 cm³/mol. The molecule has 0 aromatic rings. The molecular weight excluding hydrogens is 238 g/mol. The second-order valence-corrected chi connectivity index (χ2v) is 6.26. The first-order valence-corrected chi connectivity index (χ1v) is 7.08. The lowest BCUT2D eigenvalue weighted by molar-refractivity contribution is -0.146. The van der Waals surface area contributed by atoms with Crippen LogP contribution in [0, 0.1) is 5.92 Å². The molecule has 3 nitrogen and oxygen atoms in total. The molecule has 0 aromatic carbocycles. The van der Waals surface area contributed by atoms with Crippen molar-refractivity contribution >= 4 is 17.6 Å². The summed E-state index contributed by atoms with van der Waals surface area (Å²) < 4.78 is 0. The Balaban J connectivity index is 2.16. The fraction of sp³-hybridized carbons (Fsp3) is 0.923. The topological polar surface area (TPSA) is 40.5 Å². The van der Waals surface area contributed by atoms with Crippen molar-refractivity contribution in [2.45, 2.75) is 69.5 Å². The van der Waals surface area contributed by atoms with Gasteiger partial charge in [-0.25, -0.2) is 0 Å². The van der Waals surface area contributed by atoms with E-state index >= 15 is 0 Å². The monoisotopic (exact) mass is 259 g/mol. The van der Waals surface area contributed by atoms with Crippen LogP contribution in [0.2, 0.25) is 0 Å². The lowest BCUT2D eigenvalue weighted by Crippen LogP contribution is -2.51. The number of halogens is 1. The van der Waals surface area contributed by atoms with Gasteiger partial charge in [-0.05, 0) is 46.0 Å². The number of carboxylic acid groups (broad SMARTS) is 1. The lowest BCUT2D eigenvalue weighted by atomic mass is 9.82. The van der Waals surface area contributed by atoms with Crippen LogP contribution in [0.3, 0.4) is 0 Å². The van der Waals surface area contributed by atoms with Crippen LogP contribution >= 0.6 is 11.6 Å². The molecule has 0 radical (unpaired) electrons. The van der Waals surface area contributed by atoms with Crippen LogP contribution in [0.25, 0.3) is 0 Å². The lowest BCUT2D eigenvalue weighted by Gasteiger charge is -2.42. The maximum atomic E-state index is 11.4. The van der Waals surface area contributed by atoms with E-state index in [4.69, 9.17) is 11.6 Å². The number of carboxylic acids is 1. The van der Waals surface area contributed by atoms with E-state index in [0.29, 0.717) is 12.1 Å². The molecule has 5 atom stereocenters. The van der Waals surface area contributed by atoms with Crippen molar-refractivity contribution in [3.05, 3.63) is 0 Å². The molecule has 0 amide bonds. The third-order valence-corrected chi connectivity index (χ3v) is 4.87. The Hall–Kier alpha value is -0.280. The van der Waals surface area contributed by atoms with Crippen LogP contribution < -0.4 is 0 Å². The highest BCUT2D eigenvalue weighted by Gasteiger charge is 2.43. The van der Waals surface area contributed by atoms with Crippen LogP contribution in [-0.4, -0.2) is 39.5 Å². The fourth-order valence-corrected chi connectivity index (χ4v) is 3.89. The van der Waals surface area contributed by atoms with E-state index < -0.39 is 5.97 Å². The van der Waals surface area contributed by atoms with E-state index in [0.717, 1.165) is 19.3 Å². The minimum absolute atomic E-state index is 0.135. The summed E-state index contributed by atoms with van der Waals surface area (Å²) in [5, 5.41) is 9.51. The Morgan fingerprint density at radius 1 is 1.18 bits per heavy atom. The minimum atomic E-state index is -0.648. The van der Waals surface area contributed by atoms with Gasteiger partial charge < -0.3 is 5.11 Å². The van der Waals surface area contributed by atoms with Crippen LogP contribution in [0.15, 0.2) is 0 Å². The summed E-state index contributed by atoms with van der Waals surface area (Å²) in [4.78, 5) is 13.8. The van der Waals surface area contributed by atoms with Gasteiger partial charge in [0.2, 0.25) is 0 Å². The quantitative estimate of drug-likeness (QED) is 0.776. The number of nitrogens with zero attached hydrogens (tertiary/aromatic N) is 1. The molecule has 1 saturated carbocycles. The molecule has 1 N–H and O–H groups in total. The highest BCUT2D eigenvalue weighted by molar-refractivity contribution is 6.20. The van der Waals surface area contributed by atoms with Gasteiger partial charge >= 0.3 is 5.97 Å². The second kappa shape index (κ2) is 5.15. The number of rotatable bonds is 2. The number of likely N-dealkylation sites (tertiary alicyclic amines) is 1. The molecule has 1 saturated heterocycles.